The van der Waals surface area contributed by atoms with Crippen LogP contribution in [0.5, 0.6) is 0 Å². The van der Waals surface area contributed by atoms with Crippen LogP contribution in [0.2, 0.25) is 0 Å². The van der Waals surface area contributed by atoms with Crippen molar-refractivity contribution in [3.8, 4) is 0 Å². The van der Waals surface area contributed by atoms with Gasteiger partial charge >= 0.3 is 0 Å². The van der Waals surface area contributed by atoms with Crippen molar-refractivity contribution in [2.45, 2.75) is 13.0 Å². The number of aryl methyl sites for hydroxylation is 1. The molecule has 8 heteroatoms. The number of ketones is 1. The molecular formula is C18H13N3O5. The van der Waals surface area contributed by atoms with Crippen molar-refractivity contribution in [1.29, 1.82) is 0 Å². The first kappa shape index (κ1) is 15.8. The van der Waals surface area contributed by atoms with Gasteiger partial charge < -0.3 is 14.0 Å². The molecule has 8 nitrogen and oxygen atoms in total. The van der Waals surface area contributed by atoms with E-state index < -0.39 is 23.5 Å². The molecule has 1 aliphatic rings. The Morgan fingerprint density at radius 1 is 1.27 bits per heavy atom. The van der Waals surface area contributed by atoms with E-state index in [1.165, 1.54) is 29.6 Å². The average Bonchev–Trinajstić information content (AvgIpc) is 3.37. The van der Waals surface area contributed by atoms with Gasteiger partial charge in [-0.1, -0.05) is 5.16 Å². The van der Waals surface area contributed by atoms with Gasteiger partial charge in [-0.05, 0) is 36.8 Å². The lowest BCUT2D eigenvalue weighted by Gasteiger charge is -2.23. The van der Waals surface area contributed by atoms with Gasteiger partial charge in [0.1, 0.15) is 5.76 Å². The highest BCUT2D eigenvalue weighted by atomic mass is 16.5. The Morgan fingerprint density at radius 2 is 2.04 bits per heavy atom. The Labute approximate surface area is 147 Å². The molecule has 4 heterocycles. The summed E-state index contributed by atoms with van der Waals surface area (Å²) in [5.41, 5.74) is 0.504. The molecular weight excluding hydrogens is 338 g/mol. The second-order valence-corrected chi connectivity index (χ2v) is 5.72. The zero-order valence-electron chi connectivity index (χ0n) is 13.6. The van der Waals surface area contributed by atoms with Crippen molar-refractivity contribution in [2.75, 3.05) is 4.90 Å². The number of hydrogen-bond acceptors (Lipinski definition) is 7. The molecule has 0 aliphatic carbocycles. The molecule has 0 radical (unpaired) electrons. The summed E-state index contributed by atoms with van der Waals surface area (Å²) in [6, 6.07) is 7.02. The highest BCUT2D eigenvalue weighted by molar-refractivity contribution is 6.19. The molecule has 1 N–H and O–H groups in total. The van der Waals surface area contributed by atoms with Crippen molar-refractivity contribution in [3.05, 3.63) is 77.4 Å². The molecule has 1 aliphatic heterocycles. The summed E-state index contributed by atoms with van der Waals surface area (Å²) in [5, 5.41) is 14.3. The number of furan rings is 1. The average molecular weight is 351 g/mol. The third-order valence-electron chi connectivity index (χ3n) is 4.08. The Morgan fingerprint density at radius 3 is 2.65 bits per heavy atom. The Balaban J connectivity index is 1.88. The highest BCUT2D eigenvalue weighted by Crippen LogP contribution is 2.41. The lowest BCUT2D eigenvalue weighted by atomic mass is 9.96. The number of aliphatic hydroxyl groups excluding tert-OH is 1. The van der Waals surface area contributed by atoms with Gasteiger partial charge in [0, 0.05) is 18.5 Å². The molecule has 0 saturated heterocycles. The molecule has 0 unspecified atom stereocenters. The van der Waals surface area contributed by atoms with Gasteiger partial charge in [-0.25, -0.2) is 0 Å². The summed E-state index contributed by atoms with van der Waals surface area (Å²) < 4.78 is 10.2. The number of anilines is 1. The number of pyridine rings is 1. The molecule has 0 fully saturated rings. The molecule has 1 atom stereocenters. The van der Waals surface area contributed by atoms with Gasteiger partial charge in [-0.3, -0.25) is 19.5 Å². The van der Waals surface area contributed by atoms with Crippen molar-refractivity contribution in [3.63, 3.8) is 0 Å². The monoisotopic (exact) mass is 351 g/mol. The minimum atomic E-state index is -0.882. The van der Waals surface area contributed by atoms with E-state index in [9.17, 15) is 14.7 Å². The van der Waals surface area contributed by atoms with Gasteiger partial charge in [-0.2, -0.15) is 0 Å². The highest BCUT2D eigenvalue weighted by Gasteiger charge is 2.46. The number of Topliss-reactive ketones (excluding diaryl/α,β-unsaturated/α-hetero) is 1. The van der Waals surface area contributed by atoms with Crippen LogP contribution in [0.3, 0.4) is 0 Å². The molecule has 0 spiro atoms. The van der Waals surface area contributed by atoms with E-state index in [1.54, 1.807) is 31.2 Å². The van der Waals surface area contributed by atoms with Crippen LogP contribution >= 0.6 is 0 Å². The first-order valence-corrected chi connectivity index (χ1v) is 7.76. The Kier molecular flexibility index (Phi) is 3.65. The minimum Gasteiger partial charge on any atom is -0.503 e. The number of amides is 1. The van der Waals surface area contributed by atoms with E-state index in [1.807, 2.05) is 0 Å². The lowest BCUT2D eigenvalue weighted by Crippen LogP contribution is -2.31. The summed E-state index contributed by atoms with van der Waals surface area (Å²) in [6.45, 7) is 1.68. The topological polar surface area (TPSA) is 110 Å². The summed E-state index contributed by atoms with van der Waals surface area (Å²) in [4.78, 5) is 30.8. The van der Waals surface area contributed by atoms with E-state index in [4.69, 9.17) is 8.94 Å². The summed E-state index contributed by atoms with van der Waals surface area (Å²) in [5.74, 6) is -1.25. The van der Waals surface area contributed by atoms with Crippen LogP contribution in [0.1, 0.15) is 27.9 Å². The largest absolute Gasteiger partial charge is 0.503 e. The predicted octanol–water partition coefficient (Wildman–Crippen LogP) is 2.75. The molecule has 0 saturated carbocycles. The van der Waals surface area contributed by atoms with Crippen molar-refractivity contribution in [1.82, 2.24) is 10.1 Å². The maximum atomic E-state index is 12.9. The third-order valence-corrected chi connectivity index (χ3v) is 4.08. The number of carbonyl (C=O) groups is 2. The van der Waals surface area contributed by atoms with Crippen LogP contribution in [-0.4, -0.2) is 26.9 Å². The first-order valence-electron chi connectivity index (χ1n) is 7.76. The molecule has 4 rings (SSSR count). The third kappa shape index (κ3) is 2.39. The summed E-state index contributed by atoms with van der Waals surface area (Å²) in [7, 11) is 0. The van der Waals surface area contributed by atoms with Crippen LogP contribution in [0, 0.1) is 6.92 Å². The number of carbonyl (C=O) groups excluding carboxylic acids is 2. The number of aromatic nitrogens is 2. The van der Waals surface area contributed by atoms with E-state index >= 15 is 0 Å². The Hall–Kier alpha value is -3.68. The van der Waals surface area contributed by atoms with Crippen molar-refractivity contribution in [2.24, 2.45) is 0 Å². The fraction of sp³-hybridized carbons (Fsp3) is 0.111. The molecule has 3 aromatic rings. The van der Waals surface area contributed by atoms with E-state index in [0.29, 0.717) is 11.3 Å². The zero-order valence-corrected chi connectivity index (χ0v) is 13.6. The van der Waals surface area contributed by atoms with Gasteiger partial charge in [0.2, 0.25) is 5.78 Å². The molecule has 26 heavy (non-hydrogen) atoms. The number of nitrogens with zero attached hydrogens (tertiary/aromatic N) is 3. The normalized spacial score (nSPS) is 17.2. The van der Waals surface area contributed by atoms with Crippen LogP contribution in [0.15, 0.2) is 69.3 Å². The first-order chi connectivity index (χ1) is 12.6. The van der Waals surface area contributed by atoms with Crippen LogP contribution in [0.4, 0.5) is 5.82 Å². The number of hydrogen-bond donors (Lipinski definition) is 1. The second kappa shape index (κ2) is 5.99. The van der Waals surface area contributed by atoms with E-state index in [2.05, 4.69) is 10.1 Å². The van der Waals surface area contributed by atoms with Crippen molar-refractivity contribution < 1.29 is 23.6 Å². The standard InChI is InChI=1S/C18H13N3O5/c1-10-9-13(20-26-10)21-15(11-4-6-19-7-5-11)14(17(23)18(21)24)16(22)12-3-2-8-25-12/h2-9,15,23H,1H3/t15-/m0/s1. The Bertz CT molecular complexity index is 1000. The fourth-order valence-corrected chi connectivity index (χ4v) is 2.94. The predicted molar refractivity (Wildman–Crippen MR) is 88.4 cm³/mol. The van der Waals surface area contributed by atoms with E-state index in [-0.39, 0.29) is 17.2 Å². The van der Waals surface area contributed by atoms with Crippen molar-refractivity contribution >= 4 is 17.5 Å². The zero-order chi connectivity index (χ0) is 18.3. The molecule has 3 aromatic heterocycles. The van der Waals surface area contributed by atoms with E-state index in [0.717, 1.165) is 0 Å². The fourth-order valence-electron chi connectivity index (χ4n) is 2.94. The minimum absolute atomic E-state index is 0.0246. The molecule has 0 aromatic carbocycles. The maximum absolute atomic E-state index is 12.9. The molecule has 1 amide bonds. The summed E-state index contributed by atoms with van der Waals surface area (Å²) >= 11 is 0. The molecule has 130 valence electrons. The summed E-state index contributed by atoms with van der Waals surface area (Å²) in [6.07, 6.45) is 4.43. The quantitative estimate of drug-likeness (QED) is 0.720. The van der Waals surface area contributed by atoms with Gasteiger partial charge in [0.05, 0.1) is 17.9 Å². The van der Waals surface area contributed by atoms with Crippen LogP contribution in [0.25, 0.3) is 0 Å². The van der Waals surface area contributed by atoms with Crippen LogP contribution in [-0.2, 0) is 4.79 Å². The number of aliphatic hydroxyl groups is 1. The lowest BCUT2D eigenvalue weighted by molar-refractivity contribution is -0.117. The van der Waals surface area contributed by atoms with Gasteiger partial charge in [0.25, 0.3) is 5.91 Å². The molecule has 0 bridgehead atoms. The number of rotatable bonds is 4. The van der Waals surface area contributed by atoms with Crippen LogP contribution < -0.4 is 4.90 Å². The second-order valence-electron chi connectivity index (χ2n) is 5.72. The smallest absolute Gasteiger partial charge is 0.295 e. The van der Waals surface area contributed by atoms with Gasteiger partial charge in [-0.15, -0.1) is 0 Å². The van der Waals surface area contributed by atoms with Gasteiger partial charge in [0.15, 0.2) is 17.3 Å². The maximum Gasteiger partial charge on any atom is 0.295 e. The SMILES string of the molecule is Cc1cc(N2C(=O)C(O)=C(C(=O)c3ccco3)[C@@H]2c2ccncc2)no1.